The van der Waals surface area contributed by atoms with Crippen molar-refractivity contribution in [2.24, 2.45) is 0 Å². The monoisotopic (exact) mass is 375 g/mol. The molecule has 5 heteroatoms. The van der Waals surface area contributed by atoms with Gasteiger partial charge >= 0.3 is 5.97 Å². The van der Waals surface area contributed by atoms with Gasteiger partial charge in [-0.25, -0.2) is 9.78 Å². The van der Waals surface area contributed by atoms with Crippen LogP contribution in [-0.4, -0.2) is 22.1 Å². The maximum atomic E-state index is 13.1. The maximum Gasteiger partial charge on any atom is 0.338 e. The summed E-state index contributed by atoms with van der Waals surface area (Å²) in [4.78, 5) is 17.9. The number of nitrogens with zero attached hydrogens (tertiary/aromatic N) is 2. The van der Waals surface area contributed by atoms with E-state index in [2.05, 4.69) is 41.9 Å². The van der Waals surface area contributed by atoms with Crippen LogP contribution in [0.15, 0.2) is 59.8 Å². The van der Waals surface area contributed by atoms with Crippen LogP contribution in [0.2, 0.25) is 0 Å². The van der Waals surface area contributed by atoms with Crippen LogP contribution in [0.3, 0.4) is 0 Å². The van der Waals surface area contributed by atoms with Crippen molar-refractivity contribution in [3.63, 3.8) is 0 Å². The van der Waals surface area contributed by atoms with Crippen LogP contribution < -0.4 is 5.32 Å². The van der Waals surface area contributed by atoms with Gasteiger partial charge in [0.15, 0.2) is 0 Å². The molecule has 28 heavy (non-hydrogen) atoms. The van der Waals surface area contributed by atoms with Gasteiger partial charge in [-0.2, -0.15) is 0 Å². The Hall–Kier alpha value is -3.08. The number of carbonyl (C=O) groups is 1. The Morgan fingerprint density at radius 3 is 2.75 bits per heavy atom. The Balaban J connectivity index is 2.00. The lowest BCUT2D eigenvalue weighted by molar-refractivity contribution is -0.139. The van der Waals surface area contributed by atoms with Crippen molar-refractivity contribution in [3.05, 3.63) is 70.9 Å². The third kappa shape index (κ3) is 3.07. The van der Waals surface area contributed by atoms with Crippen LogP contribution in [-0.2, 0) is 9.53 Å². The number of imidazole rings is 1. The predicted octanol–water partition coefficient (Wildman–Crippen LogP) is 4.98. The SMILES string of the molecule is CCCC1=C(C(=O)OCC)[C@@H](c2cccc(C)c2)n2c(nc3ccccc32)N1. The minimum Gasteiger partial charge on any atom is -0.463 e. The molecule has 0 fully saturated rings. The van der Waals surface area contributed by atoms with Gasteiger partial charge in [-0.15, -0.1) is 0 Å². The van der Waals surface area contributed by atoms with E-state index in [1.165, 1.54) is 0 Å². The molecule has 1 atom stereocenters. The first-order valence-electron chi connectivity index (χ1n) is 9.84. The molecule has 1 aliphatic rings. The summed E-state index contributed by atoms with van der Waals surface area (Å²) >= 11 is 0. The average Bonchev–Trinajstić information content (AvgIpc) is 3.05. The number of nitrogens with one attached hydrogen (secondary N) is 1. The Morgan fingerprint density at radius 2 is 2.00 bits per heavy atom. The Kier molecular flexibility index (Phi) is 4.90. The number of anilines is 1. The fourth-order valence-corrected chi connectivity index (χ4v) is 3.94. The summed E-state index contributed by atoms with van der Waals surface area (Å²) < 4.78 is 7.59. The fraction of sp³-hybridized carbons (Fsp3) is 0.304. The lowest BCUT2D eigenvalue weighted by Crippen LogP contribution is -2.29. The molecular formula is C23H25N3O2. The molecule has 2 aromatic carbocycles. The summed E-state index contributed by atoms with van der Waals surface area (Å²) in [6, 6.07) is 16.1. The highest BCUT2D eigenvalue weighted by atomic mass is 16.5. The van der Waals surface area contributed by atoms with Crippen molar-refractivity contribution in [2.75, 3.05) is 11.9 Å². The first-order chi connectivity index (χ1) is 13.6. The number of carbonyl (C=O) groups excluding carboxylic acids is 1. The molecule has 2 heterocycles. The molecule has 144 valence electrons. The van der Waals surface area contributed by atoms with E-state index in [-0.39, 0.29) is 12.0 Å². The zero-order valence-corrected chi connectivity index (χ0v) is 16.5. The normalized spacial score (nSPS) is 16.0. The van der Waals surface area contributed by atoms with Crippen molar-refractivity contribution < 1.29 is 9.53 Å². The zero-order valence-electron chi connectivity index (χ0n) is 16.5. The standard InChI is InChI=1S/C23H25N3O2/c1-4-9-18-20(22(27)28-5-2)21(16-11-8-10-15(3)14-16)26-19-13-7-6-12-17(19)24-23(26)25-18/h6-8,10-14,21H,4-5,9H2,1-3H3,(H,24,25)/t21-/m1/s1. The largest absolute Gasteiger partial charge is 0.463 e. The summed E-state index contributed by atoms with van der Waals surface area (Å²) in [7, 11) is 0. The number of hydrogen-bond acceptors (Lipinski definition) is 4. The Morgan fingerprint density at radius 1 is 1.18 bits per heavy atom. The van der Waals surface area contributed by atoms with Crippen LogP contribution in [0.25, 0.3) is 11.0 Å². The summed E-state index contributed by atoms with van der Waals surface area (Å²) in [5.41, 5.74) is 5.68. The van der Waals surface area contributed by atoms with Gasteiger partial charge in [-0.3, -0.25) is 4.57 Å². The van der Waals surface area contributed by atoms with E-state index >= 15 is 0 Å². The van der Waals surface area contributed by atoms with Gasteiger partial charge in [0.1, 0.15) is 0 Å². The molecule has 0 saturated heterocycles. The molecular weight excluding hydrogens is 350 g/mol. The van der Waals surface area contributed by atoms with E-state index in [0.717, 1.165) is 46.6 Å². The summed E-state index contributed by atoms with van der Waals surface area (Å²) in [6.07, 6.45) is 1.69. The number of allylic oxidation sites excluding steroid dienone is 1. The van der Waals surface area contributed by atoms with Crippen molar-refractivity contribution in [3.8, 4) is 0 Å². The molecule has 0 bridgehead atoms. The van der Waals surface area contributed by atoms with Gasteiger partial charge in [-0.05, 0) is 38.0 Å². The molecule has 4 rings (SSSR count). The second-order valence-corrected chi connectivity index (χ2v) is 7.10. The van der Waals surface area contributed by atoms with Crippen molar-refractivity contribution in [1.82, 2.24) is 9.55 Å². The first kappa shape index (κ1) is 18.3. The smallest absolute Gasteiger partial charge is 0.338 e. The van der Waals surface area contributed by atoms with E-state index in [0.29, 0.717) is 12.2 Å². The summed E-state index contributed by atoms with van der Waals surface area (Å²) in [6.45, 7) is 6.36. The predicted molar refractivity (Wildman–Crippen MR) is 111 cm³/mol. The van der Waals surface area contributed by atoms with Crippen molar-refractivity contribution in [1.29, 1.82) is 0 Å². The van der Waals surface area contributed by atoms with Gasteiger partial charge in [0.2, 0.25) is 5.95 Å². The van der Waals surface area contributed by atoms with Gasteiger partial charge in [0.25, 0.3) is 0 Å². The van der Waals surface area contributed by atoms with Crippen LogP contribution in [0.1, 0.15) is 43.9 Å². The molecule has 0 spiro atoms. The number of para-hydroxylation sites is 2. The molecule has 1 aromatic heterocycles. The van der Waals surface area contributed by atoms with Gasteiger partial charge in [-0.1, -0.05) is 55.3 Å². The Bertz CT molecular complexity index is 1060. The number of benzene rings is 2. The van der Waals surface area contributed by atoms with Crippen LogP contribution in [0.4, 0.5) is 5.95 Å². The van der Waals surface area contributed by atoms with Gasteiger partial charge < -0.3 is 10.1 Å². The highest BCUT2D eigenvalue weighted by Crippen LogP contribution is 2.40. The molecule has 5 nitrogen and oxygen atoms in total. The van der Waals surface area contributed by atoms with Crippen LogP contribution in [0, 0.1) is 6.92 Å². The molecule has 0 amide bonds. The van der Waals surface area contributed by atoms with Crippen LogP contribution >= 0.6 is 0 Å². The summed E-state index contributed by atoms with van der Waals surface area (Å²) in [5.74, 6) is 0.498. The number of fused-ring (bicyclic) bond motifs is 3. The first-order valence-corrected chi connectivity index (χ1v) is 9.84. The van der Waals surface area contributed by atoms with E-state index in [4.69, 9.17) is 9.72 Å². The number of ether oxygens (including phenoxy) is 1. The lowest BCUT2D eigenvalue weighted by Gasteiger charge is -2.31. The topological polar surface area (TPSA) is 56.2 Å². The molecule has 0 aliphatic carbocycles. The van der Waals surface area contributed by atoms with Gasteiger partial charge in [0, 0.05) is 5.70 Å². The van der Waals surface area contributed by atoms with E-state index < -0.39 is 0 Å². The molecule has 1 aliphatic heterocycles. The molecule has 0 saturated carbocycles. The number of rotatable bonds is 5. The third-order valence-electron chi connectivity index (χ3n) is 5.07. The molecule has 1 N–H and O–H groups in total. The maximum absolute atomic E-state index is 13.1. The number of hydrogen-bond donors (Lipinski definition) is 1. The quantitative estimate of drug-likeness (QED) is 0.639. The Labute approximate surface area is 165 Å². The second-order valence-electron chi connectivity index (χ2n) is 7.10. The molecule has 0 unspecified atom stereocenters. The number of aryl methyl sites for hydroxylation is 1. The fourth-order valence-electron chi connectivity index (χ4n) is 3.94. The van der Waals surface area contributed by atoms with E-state index in [1.54, 1.807) is 0 Å². The molecule has 3 aromatic rings. The van der Waals surface area contributed by atoms with E-state index in [1.807, 2.05) is 37.3 Å². The number of esters is 1. The van der Waals surface area contributed by atoms with E-state index in [9.17, 15) is 4.79 Å². The number of aromatic nitrogens is 2. The van der Waals surface area contributed by atoms with Crippen molar-refractivity contribution in [2.45, 2.75) is 39.7 Å². The highest BCUT2D eigenvalue weighted by Gasteiger charge is 2.35. The zero-order chi connectivity index (χ0) is 19.7. The average molecular weight is 375 g/mol. The van der Waals surface area contributed by atoms with Crippen molar-refractivity contribution >= 4 is 23.0 Å². The third-order valence-corrected chi connectivity index (χ3v) is 5.07. The highest BCUT2D eigenvalue weighted by molar-refractivity contribution is 5.94. The molecule has 0 radical (unpaired) electrons. The van der Waals surface area contributed by atoms with Gasteiger partial charge in [0.05, 0.1) is 29.3 Å². The second kappa shape index (κ2) is 7.50. The lowest BCUT2D eigenvalue weighted by atomic mass is 9.92. The summed E-state index contributed by atoms with van der Waals surface area (Å²) in [5, 5.41) is 3.42. The van der Waals surface area contributed by atoms with Crippen LogP contribution in [0.5, 0.6) is 0 Å². The minimum absolute atomic E-state index is 0.270. The minimum atomic E-state index is -0.274.